The molecule has 1 aliphatic heterocycles. The van der Waals surface area contributed by atoms with Crippen molar-refractivity contribution in [3.63, 3.8) is 0 Å². The summed E-state index contributed by atoms with van der Waals surface area (Å²) in [5.41, 5.74) is 3.64. The van der Waals surface area contributed by atoms with Crippen molar-refractivity contribution in [2.24, 2.45) is 5.84 Å². The van der Waals surface area contributed by atoms with E-state index in [0.717, 1.165) is 31.7 Å². The first-order chi connectivity index (χ1) is 10.2. The van der Waals surface area contributed by atoms with Crippen molar-refractivity contribution < 1.29 is 10.0 Å². The number of β-amino-alcohol motifs (C(OH)–C–C–N with tert-alkyl or cyclic N) is 1. The zero-order valence-corrected chi connectivity index (χ0v) is 11.9. The van der Waals surface area contributed by atoms with Crippen molar-refractivity contribution in [2.75, 3.05) is 44.8 Å². The van der Waals surface area contributed by atoms with E-state index in [-0.39, 0.29) is 12.3 Å². The monoisotopic (exact) mass is 295 g/mol. The molecule has 116 valence electrons. The maximum atomic E-state index is 11.0. The van der Waals surface area contributed by atoms with Crippen LogP contribution in [0, 0.1) is 10.1 Å². The summed E-state index contributed by atoms with van der Waals surface area (Å²) >= 11 is 0. The Hall–Kier alpha value is -1.74. The summed E-state index contributed by atoms with van der Waals surface area (Å²) in [4.78, 5) is 15.0. The van der Waals surface area contributed by atoms with Crippen molar-refractivity contribution in [1.29, 1.82) is 0 Å². The van der Waals surface area contributed by atoms with E-state index < -0.39 is 4.92 Å². The van der Waals surface area contributed by atoms with Gasteiger partial charge in [0.25, 0.3) is 5.69 Å². The van der Waals surface area contributed by atoms with Crippen LogP contribution in [0.1, 0.15) is 5.56 Å². The number of rotatable bonds is 6. The van der Waals surface area contributed by atoms with Gasteiger partial charge in [-0.25, -0.2) is 0 Å². The summed E-state index contributed by atoms with van der Waals surface area (Å²) in [6.07, 6.45) is 0. The van der Waals surface area contributed by atoms with Crippen LogP contribution in [0.5, 0.6) is 0 Å². The van der Waals surface area contributed by atoms with E-state index >= 15 is 0 Å². The molecule has 0 amide bonds. The van der Waals surface area contributed by atoms with Gasteiger partial charge in [0.2, 0.25) is 0 Å². The Morgan fingerprint density at radius 1 is 1.29 bits per heavy atom. The zero-order chi connectivity index (χ0) is 15.2. The second-order valence-corrected chi connectivity index (χ2v) is 5.05. The number of anilines is 1. The van der Waals surface area contributed by atoms with Crippen LogP contribution in [0.4, 0.5) is 11.4 Å². The van der Waals surface area contributed by atoms with Crippen molar-refractivity contribution in [3.05, 3.63) is 33.9 Å². The summed E-state index contributed by atoms with van der Waals surface area (Å²) in [5, 5.41) is 19.9. The standard InChI is InChI=1S/C13H21N5O3/c14-15-13-11(2-1-3-12(13)18(20)21)10-17-6-4-16(5-7-17)8-9-19/h1-3,15,19H,4-10,14H2. The van der Waals surface area contributed by atoms with E-state index in [2.05, 4.69) is 15.2 Å². The molecule has 8 nitrogen and oxygen atoms in total. The lowest BCUT2D eigenvalue weighted by atomic mass is 10.1. The third-order valence-corrected chi connectivity index (χ3v) is 3.74. The van der Waals surface area contributed by atoms with Crippen molar-refractivity contribution in [1.82, 2.24) is 9.80 Å². The first kappa shape index (κ1) is 15.6. The first-order valence-electron chi connectivity index (χ1n) is 6.94. The maximum Gasteiger partial charge on any atom is 0.293 e. The fourth-order valence-corrected chi connectivity index (χ4v) is 2.59. The highest BCUT2D eigenvalue weighted by Crippen LogP contribution is 2.28. The molecule has 4 N–H and O–H groups in total. The Balaban J connectivity index is 2.04. The topological polar surface area (TPSA) is 108 Å². The molecule has 1 aliphatic rings. The number of nitro groups is 1. The Morgan fingerprint density at radius 2 is 1.95 bits per heavy atom. The minimum Gasteiger partial charge on any atom is -0.395 e. The van der Waals surface area contributed by atoms with Gasteiger partial charge in [-0.2, -0.15) is 0 Å². The Bertz CT molecular complexity index is 489. The molecular weight excluding hydrogens is 274 g/mol. The predicted octanol–water partition coefficient (Wildman–Crippen LogP) is -0.00970. The molecular formula is C13H21N5O3. The van der Waals surface area contributed by atoms with Crippen molar-refractivity contribution in [2.45, 2.75) is 6.54 Å². The Labute approximate surface area is 123 Å². The van der Waals surface area contributed by atoms with Gasteiger partial charge in [-0.3, -0.25) is 25.8 Å². The number of benzene rings is 1. The molecule has 1 aromatic carbocycles. The molecule has 8 heteroatoms. The van der Waals surface area contributed by atoms with Crippen molar-refractivity contribution >= 4 is 11.4 Å². The molecule has 0 radical (unpaired) electrons. The number of nitrogens with zero attached hydrogens (tertiary/aromatic N) is 3. The second-order valence-electron chi connectivity index (χ2n) is 5.05. The molecule has 0 bridgehead atoms. The maximum absolute atomic E-state index is 11.0. The molecule has 1 aromatic rings. The van der Waals surface area contributed by atoms with Gasteiger partial charge in [-0.15, -0.1) is 0 Å². The number of hydrogen-bond donors (Lipinski definition) is 3. The number of hydrogen-bond acceptors (Lipinski definition) is 7. The summed E-state index contributed by atoms with van der Waals surface area (Å²) < 4.78 is 0. The third-order valence-electron chi connectivity index (χ3n) is 3.74. The quantitative estimate of drug-likeness (QED) is 0.385. The molecule has 0 aliphatic carbocycles. The summed E-state index contributed by atoms with van der Waals surface area (Å²) in [5.74, 6) is 5.45. The number of nitrogens with two attached hydrogens (primary N) is 1. The van der Waals surface area contributed by atoms with Crippen LogP contribution in [-0.4, -0.2) is 59.2 Å². The number of piperazine rings is 1. The number of nitro benzene ring substituents is 1. The fraction of sp³-hybridized carbons (Fsp3) is 0.538. The van der Waals surface area contributed by atoms with Crippen LogP contribution >= 0.6 is 0 Å². The van der Waals surface area contributed by atoms with Gasteiger partial charge in [-0.1, -0.05) is 12.1 Å². The van der Waals surface area contributed by atoms with Gasteiger partial charge >= 0.3 is 0 Å². The summed E-state index contributed by atoms with van der Waals surface area (Å²) in [6, 6.07) is 4.97. The number of hydrazine groups is 1. The van der Waals surface area contributed by atoms with Gasteiger partial charge in [0.15, 0.2) is 0 Å². The van der Waals surface area contributed by atoms with Gasteiger partial charge in [0.1, 0.15) is 5.69 Å². The molecule has 0 atom stereocenters. The van der Waals surface area contributed by atoms with E-state index in [4.69, 9.17) is 10.9 Å². The van der Waals surface area contributed by atoms with Gasteiger partial charge in [0.05, 0.1) is 11.5 Å². The van der Waals surface area contributed by atoms with Crippen LogP contribution in [0.25, 0.3) is 0 Å². The first-order valence-corrected chi connectivity index (χ1v) is 6.94. The van der Waals surface area contributed by atoms with Crippen LogP contribution in [0.3, 0.4) is 0 Å². The molecule has 0 spiro atoms. The van der Waals surface area contributed by atoms with E-state index in [9.17, 15) is 10.1 Å². The minimum absolute atomic E-state index is 0.00563. The normalized spacial score (nSPS) is 16.9. The highest BCUT2D eigenvalue weighted by Gasteiger charge is 2.21. The lowest BCUT2D eigenvalue weighted by Crippen LogP contribution is -2.46. The number of para-hydroxylation sites is 1. The SMILES string of the molecule is NNc1c(CN2CCN(CCO)CC2)cccc1[N+](=O)[O-]. The lowest BCUT2D eigenvalue weighted by molar-refractivity contribution is -0.384. The zero-order valence-electron chi connectivity index (χ0n) is 11.9. The average molecular weight is 295 g/mol. The number of aliphatic hydroxyl groups is 1. The molecule has 2 rings (SSSR count). The van der Waals surface area contributed by atoms with Gasteiger partial charge in [0, 0.05) is 45.3 Å². The highest BCUT2D eigenvalue weighted by atomic mass is 16.6. The number of nitrogen functional groups attached to an aromatic ring is 1. The predicted molar refractivity (Wildman–Crippen MR) is 79.7 cm³/mol. The number of aliphatic hydroxyl groups excluding tert-OH is 1. The van der Waals surface area contributed by atoms with Crippen LogP contribution in [0.2, 0.25) is 0 Å². The molecule has 1 fully saturated rings. The third kappa shape index (κ3) is 3.88. The van der Waals surface area contributed by atoms with E-state index in [1.54, 1.807) is 6.07 Å². The molecule has 1 heterocycles. The lowest BCUT2D eigenvalue weighted by Gasteiger charge is -2.34. The smallest absolute Gasteiger partial charge is 0.293 e. The fourth-order valence-electron chi connectivity index (χ4n) is 2.59. The molecule has 0 saturated carbocycles. The summed E-state index contributed by atoms with van der Waals surface area (Å²) in [7, 11) is 0. The van der Waals surface area contributed by atoms with Crippen LogP contribution in [0.15, 0.2) is 18.2 Å². The summed E-state index contributed by atoms with van der Waals surface area (Å²) in [6.45, 7) is 5.00. The second kappa shape index (κ2) is 7.32. The van der Waals surface area contributed by atoms with E-state index in [1.807, 2.05) is 6.07 Å². The molecule has 0 unspecified atom stereocenters. The van der Waals surface area contributed by atoms with Crippen LogP contribution < -0.4 is 11.3 Å². The van der Waals surface area contributed by atoms with Gasteiger partial charge in [-0.05, 0) is 5.56 Å². The van der Waals surface area contributed by atoms with E-state index in [0.29, 0.717) is 18.8 Å². The Kier molecular flexibility index (Phi) is 5.45. The largest absolute Gasteiger partial charge is 0.395 e. The molecule has 21 heavy (non-hydrogen) atoms. The van der Waals surface area contributed by atoms with Gasteiger partial charge < -0.3 is 10.5 Å². The Morgan fingerprint density at radius 3 is 2.52 bits per heavy atom. The van der Waals surface area contributed by atoms with E-state index in [1.165, 1.54) is 6.07 Å². The average Bonchev–Trinajstić information content (AvgIpc) is 2.49. The molecule has 0 aromatic heterocycles. The van der Waals surface area contributed by atoms with Crippen LogP contribution in [-0.2, 0) is 6.54 Å². The molecule has 1 saturated heterocycles. The highest BCUT2D eigenvalue weighted by molar-refractivity contribution is 5.65. The minimum atomic E-state index is -0.433. The van der Waals surface area contributed by atoms with Crippen molar-refractivity contribution in [3.8, 4) is 0 Å². The number of nitrogens with one attached hydrogen (secondary N) is 1.